The maximum atomic E-state index is 13.5. The van der Waals surface area contributed by atoms with Crippen LogP contribution in [0.5, 0.6) is 5.75 Å². The van der Waals surface area contributed by atoms with Crippen LogP contribution >= 0.6 is 11.6 Å². The van der Waals surface area contributed by atoms with Gasteiger partial charge in [-0.05, 0) is 85.1 Å². The molecule has 0 fully saturated rings. The Balaban J connectivity index is 1.29. The van der Waals surface area contributed by atoms with E-state index in [0.717, 1.165) is 35.0 Å². The van der Waals surface area contributed by atoms with Crippen LogP contribution < -0.4 is 15.4 Å². The first-order valence-electron chi connectivity index (χ1n) is 14.3. The number of fused-ring (bicyclic) bond motifs is 1. The number of hydrogen-bond donors (Lipinski definition) is 2. The fraction of sp³-hybridized carbons (Fsp3) is 0.273. The van der Waals surface area contributed by atoms with Gasteiger partial charge in [0.25, 0.3) is 0 Å². The summed E-state index contributed by atoms with van der Waals surface area (Å²) in [6, 6.07) is 21.2. The van der Waals surface area contributed by atoms with Crippen molar-refractivity contribution in [2.75, 3.05) is 23.9 Å². The average Bonchev–Trinajstić information content (AvgIpc) is 3.49. The molecular formula is C33H34ClFN4O4S. The molecule has 0 aliphatic heterocycles. The molecule has 8 nitrogen and oxygen atoms in total. The SMILES string of the molecule is CCCNC(CCS(C)(=O)=O)c1ccc(-c2ccc3ncnc(NCc4ccc(OCc5cccc(F)c5)c(Cl)c4)c3c2)o1. The van der Waals surface area contributed by atoms with E-state index in [-0.39, 0.29) is 24.2 Å². The molecule has 2 N–H and O–H groups in total. The second-order valence-corrected chi connectivity index (χ2v) is 13.3. The minimum absolute atomic E-state index is 0.0721. The average molecular weight is 637 g/mol. The van der Waals surface area contributed by atoms with Crippen LogP contribution in [0.2, 0.25) is 5.02 Å². The molecule has 0 aliphatic rings. The van der Waals surface area contributed by atoms with E-state index in [4.69, 9.17) is 20.8 Å². The van der Waals surface area contributed by atoms with Gasteiger partial charge in [-0.2, -0.15) is 0 Å². The molecule has 11 heteroatoms. The molecule has 0 spiro atoms. The van der Waals surface area contributed by atoms with Gasteiger partial charge in [-0.1, -0.05) is 36.7 Å². The van der Waals surface area contributed by atoms with Gasteiger partial charge < -0.3 is 19.8 Å². The fourth-order valence-electron chi connectivity index (χ4n) is 4.79. The summed E-state index contributed by atoms with van der Waals surface area (Å²) in [5.41, 5.74) is 3.26. The summed E-state index contributed by atoms with van der Waals surface area (Å²) in [5, 5.41) is 8.05. The van der Waals surface area contributed by atoms with Crippen LogP contribution in [-0.4, -0.2) is 36.9 Å². The quantitative estimate of drug-likeness (QED) is 0.130. The van der Waals surface area contributed by atoms with Gasteiger partial charge in [0.1, 0.15) is 51.7 Å². The molecule has 5 aromatic rings. The Labute approximate surface area is 261 Å². The zero-order valence-corrected chi connectivity index (χ0v) is 26.1. The van der Waals surface area contributed by atoms with E-state index in [1.807, 2.05) is 42.5 Å². The number of anilines is 1. The van der Waals surface area contributed by atoms with Crippen molar-refractivity contribution >= 4 is 38.2 Å². The minimum atomic E-state index is -3.10. The van der Waals surface area contributed by atoms with Crippen LogP contribution in [0.1, 0.15) is 42.7 Å². The number of aromatic nitrogens is 2. The van der Waals surface area contributed by atoms with E-state index in [2.05, 4.69) is 27.5 Å². The minimum Gasteiger partial charge on any atom is -0.487 e. The highest BCUT2D eigenvalue weighted by molar-refractivity contribution is 7.90. The van der Waals surface area contributed by atoms with Gasteiger partial charge in [-0.15, -0.1) is 0 Å². The highest BCUT2D eigenvalue weighted by Gasteiger charge is 2.18. The molecular weight excluding hydrogens is 603 g/mol. The van der Waals surface area contributed by atoms with E-state index in [0.29, 0.717) is 46.6 Å². The predicted octanol–water partition coefficient (Wildman–Crippen LogP) is 7.35. The lowest BCUT2D eigenvalue weighted by Crippen LogP contribution is -2.24. The summed E-state index contributed by atoms with van der Waals surface area (Å²) in [7, 11) is -3.10. The molecule has 1 unspecified atom stereocenters. The van der Waals surface area contributed by atoms with Crippen LogP contribution in [-0.2, 0) is 23.0 Å². The second-order valence-electron chi connectivity index (χ2n) is 10.6. The molecule has 1 atom stereocenters. The van der Waals surface area contributed by atoms with Gasteiger partial charge in [-0.25, -0.2) is 22.8 Å². The highest BCUT2D eigenvalue weighted by atomic mass is 35.5. The molecule has 2 aromatic heterocycles. The van der Waals surface area contributed by atoms with Gasteiger partial charge in [0.15, 0.2) is 0 Å². The first-order chi connectivity index (χ1) is 21.2. The summed E-state index contributed by atoms with van der Waals surface area (Å²) in [6.07, 6.45) is 4.10. The van der Waals surface area contributed by atoms with Gasteiger partial charge in [-0.3, -0.25) is 0 Å². The van der Waals surface area contributed by atoms with Crippen LogP contribution in [0.3, 0.4) is 0 Å². The lowest BCUT2D eigenvalue weighted by atomic mass is 10.1. The molecule has 5 rings (SSSR count). The fourth-order valence-corrected chi connectivity index (χ4v) is 5.71. The molecule has 0 radical (unpaired) electrons. The van der Waals surface area contributed by atoms with E-state index >= 15 is 0 Å². The Morgan fingerprint density at radius 3 is 2.66 bits per heavy atom. The summed E-state index contributed by atoms with van der Waals surface area (Å²) >= 11 is 6.49. The summed E-state index contributed by atoms with van der Waals surface area (Å²) in [4.78, 5) is 8.89. The molecule has 0 aliphatic carbocycles. The summed E-state index contributed by atoms with van der Waals surface area (Å²) in [6.45, 7) is 3.48. The van der Waals surface area contributed by atoms with Crippen molar-refractivity contribution in [2.24, 2.45) is 0 Å². The van der Waals surface area contributed by atoms with Crippen LogP contribution in [0.15, 0.2) is 83.5 Å². The third kappa shape index (κ3) is 8.34. The number of nitrogens with zero attached hydrogens (tertiary/aromatic N) is 2. The van der Waals surface area contributed by atoms with Gasteiger partial charge in [0, 0.05) is 23.8 Å². The molecule has 0 bridgehead atoms. The van der Waals surface area contributed by atoms with Gasteiger partial charge in [0.05, 0.1) is 22.3 Å². The van der Waals surface area contributed by atoms with Crippen molar-refractivity contribution in [1.82, 2.24) is 15.3 Å². The van der Waals surface area contributed by atoms with E-state index in [1.165, 1.54) is 24.7 Å². The lowest BCUT2D eigenvalue weighted by Gasteiger charge is -2.15. The van der Waals surface area contributed by atoms with Crippen molar-refractivity contribution in [1.29, 1.82) is 0 Å². The Bertz CT molecular complexity index is 1850. The van der Waals surface area contributed by atoms with E-state index in [1.54, 1.807) is 18.2 Å². The number of benzene rings is 3. The van der Waals surface area contributed by atoms with Crippen LogP contribution in [0.25, 0.3) is 22.2 Å². The Morgan fingerprint density at radius 2 is 1.89 bits per heavy atom. The number of ether oxygens (including phenoxy) is 1. The zero-order valence-electron chi connectivity index (χ0n) is 24.5. The maximum Gasteiger partial charge on any atom is 0.147 e. The molecule has 2 heterocycles. The van der Waals surface area contributed by atoms with Crippen molar-refractivity contribution in [2.45, 2.75) is 39.0 Å². The van der Waals surface area contributed by atoms with E-state index in [9.17, 15) is 12.8 Å². The number of halogens is 2. The molecule has 44 heavy (non-hydrogen) atoms. The van der Waals surface area contributed by atoms with Crippen molar-refractivity contribution in [3.63, 3.8) is 0 Å². The number of rotatable bonds is 14. The molecule has 230 valence electrons. The van der Waals surface area contributed by atoms with Crippen molar-refractivity contribution in [3.05, 3.63) is 107 Å². The largest absolute Gasteiger partial charge is 0.487 e. The number of sulfone groups is 1. The topological polar surface area (TPSA) is 106 Å². The second kappa shape index (κ2) is 14.2. The van der Waals surface area contributed by atoms with Crippen LogP contribution in [0.4, 0.5) is 10.2 Å². The summed E-state index contributed by atoms with van der Waals surface area (Å²) < 4.78 is 49.1. The Kier molecular flexibility index (Phi) is 10.1. The molecule has 0 saturated heterocycles. The third-order valence-electron chi connectivity index (χ3n) is 7.05. The molecule has 0 saturated carbocycles. The standard InChI is InChI=1S/C33H34ClFN4O4S/c1-3-14-36-29(13-15-44(2,40)41)32-12-11-30(43-32)24-8-9-28-26(18-24)33(39-21-38-28)37-19-22-7-10-31(27(34)17-22)42-20-23-5-4-6-25(35)16-23/h4-12,16-18,21,29,36H,3,13-15,19-20H2,1-2H3,(H,37,38,39). The zero-order chi connectivity index (χ0) is 31.1. The predicted molar refractivity (Wildman–Crippen MR) is 172 cm³/mol. The third-order valence-corrected chi connectivity index (χ3v) is 8.32. The Morgan fingerprint density at radius 1 is 1.02 bits per heavy atom. The lowest BCUT2D eigenvalue weighted by molar-refractivity contribution is 0.305. The summed E-state index contributed by atoms with van der Waals surface area (Å²) in [5.74, 6) is 2.29. The van der Waals surface area contributed by atoms with Gasteiger partial charge >= 0.3 is 0 Å². The van der Waals surface area contributed by atoms with Crippen molar-refractivity contribution < 1.29 is 22.0 Å². The normalized spacial score (nSPS) is 12.4. The maximum absolute atomic E-state index is 13.5. The van der Waals surface area contributed by atoms with Gasteiger partial charge in [0.2, 0.25) is 0 Å². The monoisotopic (exact) mass is 636 g/mol. The first-order valence-corrected chi connectivity index (χ1v) is 16.8. The molecule has 3 aromatic carbocycles. The Hall–Kier alpha value is -3.99. The first kappa shape index (κ1) is 31.4. The van der Waals surface area contributed by atoms with E-state index < -0.39 is 9.84 Å². The number of hydrogen-bond acceptors (Lipinski definition) is 8. The number of nitrogens with one attached hydrogen (secondary N) is 2. The highest BCUT2D eigenvalue weighted by Crippen LogP contribution is 2.31. The number of furan rings is 1. The molecule has 0 amide bonds. The smallest absolute Gasteiger partial charge is 0.147 e. The van der Waals surface area contributed by atoms with Crippen LogP contribution in [0, 0.1) is 5.82 Å². The van der Waals surface area contributed by atoms with Crippen molar-refractivity contribution in [3.8, 4) is 17.1 Å².